The van der Waals surface area contributed by atoms with E-state index in [1.807, 2.05) is 0 Å². The van der Waals surface area contributed by atoms with E-state index in [9.17, 15) is 0 Å². The van der Waals surface area contributed by atoms with Crippen molar-refractivity contribution in [2.45, 2.75) is 175 Å². The van der Waals surface area contributed by atoms with E-state index >= 15 is 0 Å². The fourth-order valence-corrected chi connectivity index (χ4v) is 4.37. The molecule has 2 heteroatoms. The molecule has 31 heavy (non-hydrogen) atoms. The second-order valence-corrected chi connectivity index (χ2v) is 9.79. The van der Waals surface area contributed by atoms with E-state index in [4.69, 9.17) is 4.74 Å². The maximum Gasteiger partial charge on any atom is 0.107 e. The van der Waals surface area contributed by atoms with Crippen molar-refractivity contribution in [3.63, 3.8) is 0 Å². The number of nitrogens with one attached hydrogen (secondary N) is 1. The highest BCUT2D eigenvalue weighted by Gasteiger charge is 2.04. The third-order valence-electron chi connectivity index (χ3n) is 6.59. The molecule has 0 aromatic carbocycles. The van der Waals surface area contributed by atoms with Gasteiger partial charge < -0.3 is 4.74 Å². The summed E-state index contributed by atoms with van der Waals surface area (Å²) in [6.07, 6.45) is 32.3. The van der Waals surface area contributed by atoms with Gasteiger partial charge in [0.1, 0.15) is 6.23 Å². The standard InChI is InChI=1S/C29H61NO/c1-4-7-9-11-13-15-17-18-19-21-23-25-27-30-29(6-3)31-28-26-24-22-20-16-14-12-10-8-5-2/h29-30H,4-28H2,1-3H3. The molecule has 1 unspecified atom stereocenters. The number of rotatable bonds is 27. The summed E-state index contributed by atoms with van der Waals surface area (Å²) in [5.74, 6) is 0. The Morgan fingerprint density at radius 1 is 0.452 bits per heavy atom. The molecular formula is C29H61NO. The molecule has 0 saturated heterocycles. The maximum absolute atomic E-state index is 6.06. The third kappa shape index (κ3) is 26.1. The lowest BCUT2D eigenvalue weighted by molar-refractivity contribution is 0.0249. The summed E-state index contributed by atoms with van der Waals surface area (Å²) in [4.78, 5) is 0. The quantitative estimate of drug-likeness (QED) is 0.101. The van der Waals surface area contributed by atoms with Crippen LogP contribution in [0.5, 0.6) is 0 Å². The predicted molar refractivity (Wildman–Crippen MR) is 141 cm³/mol. The molecule has 0 aliphatic carbocycles. The van der Waals surface area contributed by atoms with Crippen LogP contribution in [0.2, 0.25) is 0 Å². The molecule has 0 amide bonds. The van der Waals surface area contributed by atoms with Crippen molar-refractivity contribution >= 4 is 0 Å². The van der Waals surface area contributed by atoms with Gasteiger partial charge in [0, 0.05) is 6.61 Å². The summed E-state index contributed by atoms with van der Waals surface area (Å²) < 4.78 is 6.06. The smallest absolute Gasteiger partial charge is 0.107 e. The molecule has 1 atom stereocenters. The normalized spacial score (nSPS) is 12.5. The van der Waals surface area contributed by atoms with Crippen molar-refractivity contribution in [1.82, 2.24) is 5.32 Å². The molecule has 0 aliphatic rings. The molecule has 0 fully saturated rings. The van der Waals surface area contributed by atoms with Crippen molar-refractivity contribution < 1.29 is 4.74 Å². The van der Waals surface area contributed by atoms with Gasteiger partial charge in [-0.15, -0.1) is 0 Å². The van der Waals surface area contributed by atoms with Crippen LogP contribution in [0.15, 0.2) is 0 Å². The first-order valence-electron chi connectivity index (χ1n) is 14.7. The Hall–Kier alpha value is -0.0800. The Labute approximate surface area is 198 Å². The predicted octanol–water partition coefficient (Wildman–Crippen LogP) is 9.95. The number of hydrogen-bond donors (Lipinski definition) is 1. The van der Waals surface area contributed by atoms with Crippen LogP contribution in [-0.4, -0.2) is 19.4 Å². The lowest BCUT2D eigenvalue weighted by atomic mass is 10.1. The van der Waals surface area contributed by atoms with Crippen LogP contribution in [0.3, 0.4) is 0 Å². The van der Waals surface area contributed by atoms with E-state index in [-0.39, 0.29) is 6.23 Å². The largest absolute Gasteiger partial charge is 0.363 e. The zero-order valence-corrected chi connectivity index (χ0v) is 22.2. The minimum absolute atomic E-state index is 0.270. The Morgan fingerprint density at radius 2 is 0.806 bits per heavy atom. The molecule has 1 N–H and O–H groups in total. The summed E-state index contributed by atoms with van der Waals surface area (Å²) in [6.45, 7) is 8.87. The fraction of sp³-hybridized carbons (Fsp3) is 1.00. The maximum atomic E-state index is 6.06. The minimum Gasteiger partial charge on any atom is -0.363 e. The Balaban J connectivity index is 3.26. The van der Waals surface area contributed by atoms with Crippen LogP contribution in [0.1, 0.15) is 168 Å². The van der Waals surface area contributed by atoms with Crippen molar-refractivity contribution in [2.24, 2.45) is 0 Å². The second-order valence-electron chi connectivity index (χ2n) is 9.79. The van der Waals surface area contributed by atoms with Gasteiger partial charge in [0.05, 0.1) is 0 Å². The summed E-state index contributed by atoms with van der Waals surface area (Å²) in [6, 6.07) is 0. The fourth-order valence-electron chi connectivity index (χ4n) is 4.37. The molecule has 0 aliphatic heterocycles. The summed E-state index contributed by atoms with van der Waals surface area (Å²) in [5, 5.41) is 3.62. The lowest BCUT2D eigenvalue weighted by Gasteiger charge is -2.18. The average Bonchev–Trinajstić information content (AvgIpc) is 2.79. The third-order valence-corrected chi connectivity index (χ3v) is 6.59. The summed E-state index contributed by atoms with van der Waals surface area (Å²) in [5.41, 5.74) is 0. The molecule has 2 nitrogen and oxygen atoms in total. The van der Waals surface area contributed by atoms with Crippen LogP contribution < -0.4 is 5.32 Å². The van der Waals surface area contributed by atoms with E-state index in [0.29, 0.717) is 0 Å². The van der Waals surface area contributed by atoms with Gasteiger partial charge in [0.25, 0.3) is 0 Å². The van der Waals surface area contributed by atoms with Gasteiger partial charge >= 0.3 is 0 Å². The van der Waals surface area contributed by atoms with E-state index in [1.165, 1.54) is 141 Å². The van der Waals surface area contributed by atoms with Gasteiger partial charge in [-0.1, -0.05) is 149 Å². The van der Waals surface area contributed by atoms with Crippen molar-refractivity contribution in [3.8, 4) is 0 Å². The van der Waals surface area contributed by atoms with Gasteiger partial charge in [0.2, 0.25) is 0 Å². The molecule has 0 aromatic heterocycles. The van der Waals surface area contributed by atoms with Crippen LogP contribution >= 0.6 is 0 Å². The first-order chi connectivity index (χ1) is 15.3. The van der Waals surface area contributed by atoms with Crippen LogP contribution in [-0.2, 0) is 4.74 Å². The number of unbranched alkanes of at least 4 members (excludes halogenated alkanes) is 20. The highest BCUT2D eigenvalue weighted by atomic mass is 16.5. The summed E-state index contributed by atoms with van der Waals surface area (Å²) >= 11 is 0. The van der Waals surface area contributed by atoms with E-state index in [0.717, 1.165) is 19.6 Å². The zero-order chi connectivity index (χ0) is 22.7. The lowest BCUT2D eigenvalue weighted by Crippen LogP contribution is -2.32. The van der Waals surface area contributed by atoms with E-state index in [1.54, 1.807) is 0 Å². The van der Waals surface area contributed by atoms with Gasteiger partial charge in [0.15, 0.2) is 0 Å². The topological polar surface area (TPSA) is 21.3 Å². The second kappa shape index (κ2) is 28.0. The number of hydrogen-bond acceptors (Lipinski definition) is 2. The molecule has 188 valence electrons. The summed E-state index contributed by atoms with van der Waals surface area (Å²) in [7, 11) is 0. The Bertz CT molecular complexity index is 307. The first kappa shape index (κ1) is 30.9. The molecule has 0 aromatic rings. The Morgan fingerprint density at radius 3 is 1.19 bits per heavy atom. The molecule has 0 heterocycles. The minimum atomic E-state index is 0.270. The Kier molecular flexibility index (Phi) is 27.9. The van der Waals surface area contributed by atoms with Gasteiger partial charge in [-0.2, -0.15) is 0 Å². The van der Waals surface area contributed by atoms with Crippen LogP contribution in [0.4, 0.5) is 0 Å². The highest BCUT2D eigenvalue weighted by molar-refractivity contribution is 4.56. The zero-order valence-electron chi connectivity index (χ0n) is 22.2. The van der Waals surface area contributed by atoms with Crippen molar-refractivity contribution in [3.05, 3.63) is 0 Å². The number of ether oxygens (including phenoxy) is 1. The van der Waals surface area contributed by atoms with Gasteiger partial charge in [-0.3, -0.25) is 5.32 Å². The average molecular weight is 440 g/mol. The van der Waals surface area contributed by atoms with E-state index in [2.05, 4.69) is 26.1 Å². The molecule has 0 saturated carbocycles. The van der Waals surface area contributed by atoms with Gasteiger partial charge in [-0.25, -0.2) is 0 Å². The van der Waals surface area contributed by atoms with E-state index < -0.39 is 0 Å². The van der Waals surface area contributed by atoms with Crippen molar-refractivity contribution in [2.75, 3.05) is 13.2 Å². The monoisotopic (exact) mass is 439 g/mol. The molecular weight excluding hydrogens is 378 g/mol. The van der Waals surface area contributed by atoms with Gasteiger partial charge in [-0.05, 0) is 25.8 Å². The SMILES string of the molecule is CCCCCCCCCCCCCCNC(CC)OCCCCCCCCCCCC. The first-order valence-corrected chi connectivity index (χ1v) is 14.7. The van der Waals surface area contributed by atoms with Crippen LogP contribution in [0, 0.1) is 0 Å². The van der Waals surface area contributed by atoms with Crippen LogP contribution in [0.25, 0.3) is 0 Å². The highest BCUT2D eigenvalue weighted by Crippen LogP contribution is 2.12. The molecule has 0 radical (unpaired) electrons. The molecule has 0 bridgehead atoms. The van der Waals surface area contributed by atoms with Crippen molar-refractivity contribution in [1.29, 1.82) is 0 Å². The molecule has 0 spiro atoms. The molecule has 0 rings (SSSR count).